The van der Waals surface area contributed by atoms with Crippen LogP contribution in [-0.4, -0.2) is 17.6 Å². The first-order valence-electron chi connectivity index (χ1n) is 6.53. The Morgan fingerprint density at radius 3 is 2.52 bits per heavy atom. The molecule has 2 aromatic carbocycles. The topological polar surface area (TPSA) is 36.4 Å². The molecule has 0 atom stereocenters. The van der Waals surface area contributed by atoms with Crippen molar-refractivity contribution >= 4 is 35.3 Å². The Kier molecular flexibility index (Phi) is 6.24. The molecule has 0 heterocycles. The minimum atomic E-state index is 0.510. The maximum atomic E-state index is 5.17. The Hall–Kier alpha value is -1.85. The van der Waals surface area contributed by atoms with Gasteiger partial charge < -0.3 is 5.32 Å². The molecule has 0 bridgehead atoms. The van der Waals surface area contributed by atoms with Crippen LogP contribution in [0.1, 0.15) is 11.1 Å². The van der Waals surface area contributed by atoms with Gasteiger partial charge in [-0.3, -0.25) is 5.43 Å². The summed E-state index contributed by atoms with van der Waals surface area (Å²) in [5, 5.41) is 7.74. The first-order valence-corrected chi connectivity index (χ1v) is 8.16. The number of thiocarbonyl (C=S) groups is 1. The largest absolute Gasteiger partial charge is 0.357 e. The second kappa shape index (κ2) is 8.44. The van der Waals surface area contributed by atoms with E-state index in [-0.39, 0.29) is 0 Å². The molecular formula is C16H17N3S2. The Morgan fingerprint density at radius 2 is 1.86 bits per heavy atom. The van der Waals surface area contributed by atoms with Crippen molar-refractivity contribution in [2.24, 2.45) is 5.10 Å². The average molecular weight is 315 g/mol. The molecule has 5 heteroatoms. The molecule has 108 valence electrons. The van der Waals surface area contributed by atoms with Gasteiger partial charge in [0.15, 0.2) is 5.11 Å². The molecule has 0 unspecified atom stereocenters. The van der Waals surface area contributed by atoms with E-state index in [1.165, 1.54) is 10.5 Å². The number of benzene rings is 2. The van der Waals surface area contributed by atoms with Crippen molar-refractivity contribution in [3.63, 3.8) is 0 Å². The number of hydrazone groups is 1. The molecule has 0 spiro atoms. The van der Waals surface area contributed by atoms with Crippen molar-refractivity contribution in [3.05, 3.63) is 65.7 Å². The van der Waals surface area contributed by atoms with E-state index in [2.05, 4.69) is 34.2 Å². The van der Waals surface area contributed by atoms with Crippen molar-refractivity contribution in [1.82, 2.24) is 10.7 Å². The van der Waals surface area contributed by atoms with Gasteiger partial charge in [-0.05, 0) is 41.7 Å². The smallest absolute Gasteiger partial charge is 0.187 e. The molecule has 2 rings (SSSR count). The van der Waals surface area contributed by atoms with Crippen LogP contribution in [0.3, 0.4) is 0 Å². The van der Waals surface area contributed by atoms with Crippen LogP contribution in [0.15, 0.2) is 64.6 Å². The molecule has 0 amide bonds. The lowest BCUT2D eigenvalue weighted by Gasteiger charge is -2.06. The SMILES string of the molecule is CSc1ccc(/C=N/NC(=S)NCc2ccccc2)cc1. The van der Waals surface area contributed by atoms with Crippen LogP contribution in [0.25, 0.3) is 0 Å². The van der Waals surface area contributed by atoms with Gasteiger partial charge in [-0.15, -0.1) is 11.8 Å². The van der Waals surface area contributed by atoms with Crippen LogP contribution in [0.4, 0.5) is 0 Å². The standard InChI is InChI=1S/C16H17N3S2/c1-21-15-9-7-14(8-10-15)12-18-19-16(20)17-11-13-5-3-2-4-6-13/h2-10,12H,11H2,1H3,(H2,17,19,20)/b18-12+. The van der Waals surface area contributed by atoms with Crippen molar-refractivity contribution in [2.45, 2.75) is 11.4 Å². The maximum absolute atomic E-state index is 5.17. The van der Waals surface area contributed by atoms with Gasteiger partial charge in [0.25, 0.3) is 0 Å². The molecule has 0 aliphatic rings. The fourth-order valence-electron chi connectivity index (χ4n) is 1.67. The molecule has 21 heavy (non-hydrogen) atoms. The summed E-state index contributed by atoms with van der Waals surface area (Å²) in [6.45, 7) is 0.685. The molecule has 0 saturated carbocycles. The highest BCUT2D eigenvalue weighted by molar-refractivity contribution is 7.98. The Morgan fingerprint density at radius 1 is 1.14 bits per heavy atom. The van der Waals surface area contributed by atoms with E-state index in [0.29, 0.717) is 11.7 Å². The predicted molar refractivity (Wildman–Crippen MR) is 94.8 cm³/mol. The minimum Gasteiger partial charge on any atom is -0.357 e. The van der Waals surface area contributed by atoms with Gasteiger partial charge in [-0.1, -0.05) is 42.5 Å². The van der Waals surface area contributed by atoms with E-state index < -0.39 is 0 Å². The third kappa shape index (κ3) is 5.57. The summed E-state index contributed by atoms with van der Waals surface area (Å²) in [5.74, 6) is 0. The summed E-state index contributed by atoms with van der Waals surface area (Å²) in [5.41, 5.74) is 5.03. The highest BCUT2D eigenvalue weighted by Crippen LogP contribution is 2.13. The lowest BCUT2D eigenvalue weighted by Crippen LogP contribution is -2.31. The summed E-state index contributed by atoms with van der Waals surface area (Å²) in [6, 6.07) is 18.3. The fourth-order valence-corrected chi connectivity index (χ4v) is 2.21. The second-order valence-electron chi connectivity index (χ2n) is 4.31. The van der Waals surface area contributed by atoms with Crippen LogP contribution >= 0.6 is 24.0 Å². The molecule has 0 radical (unpaired) electrons. The third-order valence-electron chi connectivity index (χ3n) is 2.79. The summed E-state index contributed by atoms with van der Waals surface area (Å²) in [4.78, 5) is 1.24. The summed E-state index contributed by atoms with van der Waals surface area (Å²) >= 11 is 6.89. The second-order valence-corrected chi connectivity index (χ2v) is 5.60. The van der Waals surface area contributed by atoms with E-state index in [1.54, 1.807) is 18.0 Å². The highest BCUT2D eigenvalue weighted by Gasteiger charge is 1.94. The number of nitrogens with one attached hydrogen (secondary N) is 2. The minimum absolute atomic E-state index is 0.510. The van der Waals surface area contributed by atoms with Crippen molar-refractivity contribution < 1.29 is 0 Å². The molecule has 0 aliphatic carbocycles. The molecule has 0 fully saturated rings. The molecule has 0 aromatic heterocycles. The fraction of sp³-hybridized carbons (Fsp3) is 0.125. The van der Waals surface area contributed by atoms with Gasteiger partial charge in [0, 0.05) is 11.4 Å². The molecule has 2 aromatic rings. The number of thioether (sulfide) groups is 1. The van der Waals surface area contributed by atoms with Crippen molar-refractivity contribution in [2.75, 3.05) is 6.26 Å². The van der Waals surface area contributed by atoms with Gasteiger partial charge in [0.05, 0.1) is 6.21 Å². The average Bonchev–Trinajstić information content (AvgIpc) is 2.54. The summed E-state index contributed by atoms with van der Waals surface area (Å²) in [7, 11) is 0. The van der Waals surface area contributed by atoms with E-state index in [4.69, 9.17) is 12.2 Å². The zero-order valence-electron chi connectivity index (χ0n) is 11.7. The van der Waals surface area contributed by atoms with E-state index in [9.17, 15) is 0 Å². The van der Waals surface area contributed by atoms with Crippen LogP contribution in [0.2, 0.25) is 0 Å². The molecule has 0 saturated heterocycles. The van der Waals surface area contributed by atoms with E-state index >= 15 is 0 Å². The number of hydrogen-bond donors (Lipinski definition) is 2. The van der Waals surface area contributed by atoms with Gasteiger partial charge in [0.1, 0.15) is 0 Å². The molecule has 2 N–H and O–H groups in total. The van der Waals surface area contributed by atoms with Crippen LogP contribution in [-0.2, 0) is 6.54 Å². The van der Waals surface area contributed by atoms with Crippen molar-refractivity contribution in [3.8, 4) is 0 Å². The summed E-state index contributed by atoms with van der Waals surface area (Å²) in [6.07, 6.45) is 3.81. The first kappa shape index (κ1) is 15.5. The lowest BCUT2D eigenvalue weighted by molar-refractivity contribution is 0.869. The predicted octanol–water partition coefficient (Wildman–Crippen LogP) is 3.41. The quantitative estimate of drug-likeness (QED) is 0.384. The molecular weight excluding hydrogens is 298 g/mol. The van der Waals surface area contributed by atoms with E-state index in [0.717, 1.165) is 5.56 Å². The summed E-state index contributed by atoms with van der Waals surface area (Å²) < 4.78 is 0. The first-order chi connectivity index (χ1) is 10.3. The van der Waals surface area contributed by atoms with Gasteiger partial charge in [-0.2, -0.15) is 5.10 Å². The highest BCUT2D eigenvalue weighted by atomic mass is 32.2. The Labute approximate surface area is 134 Å². The van der Waals surface area contributed by atoms with Gasteiger partial charge >= 0.3 is 0 Å². The van der Waals surface area contributed by atoms with Crippen LogP contribution in [0, 0.1) is 0 Å². The monoisotopic (exact) mass is 315 g/mol. The van der Waals surface area contributed by atoms with Gasteiger partial charge in [-0.25, -0.2) is 0 Å². The van der Waals surface area contributed by atoms with Crippen LogP contribution < -0.4 is 10.7 Å². The Balaban J connectivity index is 1.76. The molecule has 3 nitrogen and oxygen atoms in total. The molecule has 0 aliphatic heterocycles. The zero-order chi connectivity index (χ0) is 14.9. The lowest BCUT2D eigenvalue weighted by atomic mass is 10.2. The Bertz CT molecular complexity index is 595. The maximum Gasteiger partial charge on any atom is 0.187 e. The number of hydrogen-bond acceptors (Lipinski definition) is 3. The zero-order valence-corrected chi connectivity index (χ0v) is 13.4. The third-order valence-corrected chi connectivity index (χ3v) is 3.77. The van der Waals surface area contributed by atoms with Crippen molar-refractivity contribution in [1.29, 1.82) is 0 Å². The number of nitrogens with zero attached hydrogens (tertiary/aromatic N) is 1. The van der Waals surface area contributed by atoms with E-state index in [1.807, 2.05) is 42.5 Å². The number of rotatable bonds is 5. The van der Waals surface area contributed by atoms with Gasteiger partial charge in [0.2, 0.25) is 0 Å². The normalized spacial score (nSPS) is 10.5. The van der Waals surface area contributed by atoms with Crippen LogP contribution in [0.5, 0.6) is 0 Å².